The molecule has 3 heteroatoms. The Kier molecular flexibility index (Phi) is 2.88. The average molecular weight is 157 g/mol. The summed E-state index contributed by atoms with van der Waals surface area (Å²) in [4.78, 5) is 10.4. The van der Waals surface area contributed by atoms with Crippen molar-refractivity contribution in [1.29, 1.82) is 0 Å². The Morgan fingerprint density at radius 1 is 1.45 bits per heavy atom. The number of carboxylic acid groups (broad SMARTS) is 1. The molecule has 1 saturated carbocycles. The Hall–Kier alpha value is -0.570. The van der Waals surface area contributed by atoms with Crippen LogP contribution in [-0.2, 0) is 4.79 Å². The van der Waals surface area contributed by atoms with Gasteiger partial charge in [-0.15, -0.1) is 0 Å². The van der Waals surface area contributed by atoms with Crippen LogP contribution < -0.4 is 5.73 Å². The molecule has 2 atom stereocenters. The van der Waals surface area contributed by atoms with Crippen molar-refractivity contribution < 1.29 is 9.90 Å². The van der Waals surface area contributed by atoms with Crippen LogP contribution in [0, 0.1) is 5.92 Å². The van der Waals surface area contributed by atoms with Gasteiger partial charge >= 0.3 is 5.97 Å². The van der Waals surface area contributed by atoms with Gasteiger partial charge < -0.3 is 10.8 Å². The molecule has 3 N–H and O–H groups in total. The Morgan fingerprint density at radius 2 is 2.09 bits per heavy atom. The highest BCUT2D eigenvalue weighted by Gasteiger charge is 2.23. The van der Waals surface area contributed by atoms with Crippen LogP contribution in [0.2, 0.25) is 0 Å². The zero-order chi connectivity index (χ0) is 8.27. The lowest BCUT2D eigenvalue weighted by atomic mass is 9.83. The van der Waals surface area contributed by atoms with E-state index in [9.17, 15) is 4.79 Å². The maximum absolute atomic E-state index is 10.4. The van der Waals surface area contributed by atoms with Crippen molar-refractivity contribution in [1.82, 2.24) is 0 Å². The Morgan fingerprint density at radius 3 is 2.64 bits per heavy atom. The van der Waals surface area contributed by atoms with Gasteiger partial charge in [0.25, 0.3) is 0 Å². The van der Waals surface area contributed by atoms with Crippen molar-refractivity contribution in [2.75, 3.05) is 0 Å². The third-order valence-corrected chi connectivity index (χ3v) is 2.40. The Balaban J connectivity index is 2.35. The summed E-state index contributed by atoms with van der Waals surface area (Å²) in [7, 11) is 0. The van der Waals surface area contributed by atoms with Crippen LogP contribution in [0.4, 0.5) is 0 Å². The molecule has 0 saturated heterocycles. The van der Waals surface area contributed by atoms with E-state index in [0.717, 1.165) is 25.7 Å². The first kappa shape index (κ1) is 8.53. The molecular weight excluding hydrogens is 142 g/mol. The number of carboxylic acids is 1. The zero-order valence-electron chi connectivity index (χ0n) is 6.62. The van der Waals surface area contributed by atoms with Crippen molar-refractivity contribution in [3.05, 3.63) is 0 Å². The molecule has 0 heterocycles. The van der Waals surface area contributed by atoms with Crippen LogP contribution in [0.5, 0.6) is 0 Å². The molecule has 0 amide bonds. The summed E-state index contributed by atoms with van der Waals surface area (Å²) < 4.78 is 0. The predicted molar refractivity (Wildman–Crippen MR) is 42.2 cm³/mol. The summed E-state index contributed by atoms with van der Waals surface area (Å²) in [5.74, 6) is -0.492. The monoisotopic (exact) mass is 157 g/mol. The Bertz CT molecular complexity index is 147. The molecule has 64 valence electrons. The van der Waals surface area contributed by atoms with Crippen molar-refractivity contribution in [2.24, 2.45) is 11.7 Å². The van der Waals surface area contributed by atoms with Gasteiger partial charge in [0.15, 0.2) is 0 Å². The second kappa shape index (κ2) is 3.72. The summed E-state index contributed by atoms with van der Waals surface area (Å²) in [6.07, 6.45) is 4.55. The van der Waals surface area contributed by atoms with E-state index in [-0.39, 0.29) is 18.4 Å². The van der Waals surface area contributed by atoms with Crippen LogP contribution in [0.15, 0.2) is 0 Å². The molecule has 0 spiro atoms. The number of rotatable bonds is 2. The standard InChI is InChI=1S/C8H15NO2/c9-7-4-2-1-3-6(7)5-8(10)11/h6-7H,1-5,9H2,(H,10,11)/t6-,7+/m0/s1. The lowest BCUT2D eigenvalue weighted by Gasteiger charge is -2.26. The minimum Gasteiger partial charge on any atom is -0.481 e. The number of aliphatic carboxylic acids is 1. The van der Waals surface area contributed by atoms with Crippen LogP contribution in [0.3, 0.4) is 0 Å². The molecule has 0 unspecified atom stereocenters. The molecule has 1 fully saturated rings. The van der Waals surface area contributed by atoms with E-state index in [0.29, 0.717) is 0 Å². The van der Waals surface area contributed by atoms with Gasteiger partial charge in [0.1, 0.15) is 0 Å². The fourth-order valence-corrected chi connectivity index (χ4v) is 1.71. The normalized spacial score (nSPS) is 31.7. The van der Waals surface area contributed by atoms with Crippen molar-refractivity contribution in [3.8, 4) is 0 Å². The zero-order valence-corrected chi connectivity index (χ0v) is 6.62. The van der Waals surface area contributed by atoms with Gasteiger partial charge in [-0.3, -0.25) is 4.79 Å². The van der Waals surface area contributed by atoms with Gasteiger partial charge in [0.2, 0.25) is 0 Å². The quantitative estimate of drug-likeness (QED) is 0.628. The van der Waals surface area contributed by atoms with E-state index in [1.165, 1.54) is 0 Å². The highest BCUT2D eigenvalue weighted by molar-refractivity contribution is 5.67. The molecular formula is C8H15NO2. The minimum atomic E-state index is -0.715. The molecule has 0 aromatic carbocycles. The van der Waals surface area contributed by atoms with Gasteiger partial charge in [0.05, 0.1) is 0 Å². The van der Waals surface area contributed by atoms with Gasteiger partial charge in [-0.1, -0.05) is 12.8 Å². The summed E-state index contributed by atoms with van der Waals surface area (Å²) >= 11 is 0. The lowest BCUT2D eigenvalue weighted by Crippen LogP contribution is -2.34. The van der Waals surface area contributed by atoms with Crippen LogP contribution in [0.25, 0.3) is 0 Å². The highest BCUT2D eigenvalue weighted by Crippen LogP contribution is 2.25. The van der Waals surface area contributed by atoms with E-state index in [1.807, 2.05) is 0 Å². The van der Waals surface area contributed by atoms with Gasteiger partial charge in [-0.2, -0.15) is 0 Å². The van der Waals surface area contributed by atoms with Crippen molar-refractivity contribution >= 4 is 5.97 Å². The van der Waals surface area contributed by atoms with Crippen LogP contribution in [0.1, 0.15) is 32.1 Å². The maximum Gasteiger partial charge on any atom is 0.303 e. The SMILES string of the molecule is N[C@@H]1CCCC[C@H]1CC(=O)O. The number of nitrogens with two attached hydrogens (primary N) is 1. The topological polar surface area (TPSA) is 63.3 Å². The minimum absolute atomic E-state index is 0.125. The summed E-state index contributed by atoms with van der Waals surface area (Å²) in [5, 5.41) is 8.53. The molecule has 0 bridgehead atoms. The summed E-state index contributed by atoms with van der Waals surface area (Å²) in [6.45, 7) is 0. The molecule has 11 heavy (non-hydrogen) atoms. The molecule has 0 aromatic heterocycles. The van der Waals surface area contributed by atoms with Gasteiger partial charge in [-0.25, -0.2) is 0 Å². The molecule has 0 radical (unpaired) electrons. The van der Waals surface area contributed by atoms with E-state index >= 15 is 0 Å². The molecule has 0 aromatic rings. The fourth-order valence-electron chi connectivity index (χ4n) is 1.71. The second-order valence-electron chi connectivity index (χ2n) is 3.31. The Labute approximate surface area is 66.6 Å². The van der Waals surface area contributed by atoms with E-state index in [2.05, 4.69) is 0 Å². The average Bonchev–Trinajstić information content (AvgIpc) is 1.93. The third-order valence-electron chi connectivity index (χ3n) is 2.40. The lowest BCUT2D eigenvalue weighted by molar-refractivity contribution is -0.138. The van der Waals surface area contributed by atoms with Crippen LogP contribution in [-0.4, -0.2) is 17.1 Å². The second-order valence-corrected chi connectivity index (χ2v) is 3.31. The molecule has 3 nitrogen and oxygen atoms in total. The van der Waals surface area contributed by atoms with Crippen molar-refractivity contribution in [2.45, 2.75) is 38.1 Å². The van der Waals surface area contributed by atoms with Gasteiger partial charge in [-0.05, 0) is 18.8 Å². The third kappa shape index (κ3) is 2.50. The first-order valence-electron chi connectivity index (χ1n) is 4.17. The molecule has 1 aliphatic rings. The first-order chi connectivity index (χ1) is 5.20. The largest absolute Gasteiger partial charge is 0.481 e. The fraction of sp³-hybridized carbons (Fsp3) is 0.875. The van der Waals surface area contributed by atoms with Gasteiger partial charge in [0, 0.05) is 12.5 Å². The van der Waals surface area contributed by atoms with Crippen molar-refractivity contribution in [3.63, 3.8) is 0 Å². The van der Waals surface area contributed by atoms with E-state index in [4.69, 9.17) is 10.8 Å². The maximum atomic E-state index is 10.4. The molecule has 1 rings (SSSR count). The van der Waals surface area contributed by atoms with Crippen LogP contribution >= 0.6 is 0 Å². The molecule has 1 aliphatic carbocycles. The number of carbonyl (C=O) groups is 1. The molecule has 0 aliphatic heterocycles. The van der Waals surface area contributed by atoms with E-state index in [1.54, 1.807) is 0 Å². The summed E-state index contributed by atoms with van der Waals surface area (Å²) in [5.41, 5.74) is 5.76. The number of hydrogen-bond donors (Lipinski definition) is 2. The number of hydrogen-bond acceptors (Lipinski definition) is 2. The van der Waals surface area contributed by atoms with E-state index < -0.39 is 5.97 Å². The predicted octanol–water partition coefficient (Wildman–Crippen LogP) is 0.979. The smallest absolute Gasteiger partial charge is 0.303 e. The first-order valence-corrected chi connectivity index (χ1v) is 4.17. The highest BCUT2D eigenvalue weighted by atomic mass is 16.4. The summed E-state index contributed by atoms with van der Waals surface area (Å²) in [6, 6.07) is 0.125.